The van der Waals surface area contributed by atoms with Gasteiger partial charge >= 0.3 is 5.97 Å². The minimum Gasteiger partial charge on any atom is -0.497 e. The number of benzene rings is 5. The van der Waals surface area contributed by atoms with Crippen molar-refractivity contribution < 1.29 is 19.0 Å². The summed E-state index contributed by atoms with van der Waals surface area (Å²) in [4.78, 5) is 13.7. The summed E-state index contributed by atoms with van der Waals surface area (Å²) in [5.74, 6) is 0.407. The molecule has 1 atom stereocenters. The van der Waals surface area contributed by atoms with Crippen LogP contribution in [0.15, 0.2) is 103 Å². The van der Waals surface area contributed by atoms with Crippen LogP contribution >= 0.6 is 0 Å². The summed E-state index contributed by atoms with van der Waals surface area (Å²) in [6, 6.07) is 34.1. The molecule has 0 radical (unpaired) electrons. The lowest BCUT2D eigenvalue weighted by Gasteiger charge is -2.24. The number of methoxy groups -OCH3 is 2. The summed E-state index contributed by atoms with van der Waals surface area (Å²) in [5, 5.41) is 4.31. The molecule has 4 heteroatoms. The molecular weight excluding hydrogens is 448 g/mol. The van der Waals surface area contributed by atoms with Crippen LogP contribution < -0.4 is 9.47 Å². The molecular formula is C32H28O4. The maximum Gasteiger partial charge on any atom is 0.314 e. The fraction of sp³-hybridized carbons (Fsp3) is 0.156. The van der Waals surface area contributed by atoms with Crippen molar-refractivity contribution in [2.24, 2.45) is 0 Å². The van der Waals surface area contributed by atoms with Gasteiger partial charge in [0, 0.05) is 17.2 Å². The Hall–Kier alpha value is -4.31. The highest BCUT2D eigenvalue weighted by atomic mass is 16.5. The number of ether oxygens (including phenoxy) is 3. The number of carbonyl (C=O) groups excluding carboxylic acids is 1. The first-order valence-corrected chi connectivity index (χ1v) is 12.0. The molecule has 0 saturated heterocycles. The Morgan fingerprint density at radius 3 is 1.61 bits per heavy atom. The molecule has 0 amide bonds. The molecule has 4 nitrogen and oxygen atoms in total. The van der Waals surface area contributed by atoms with Gasteiger partial charge in [-0.3, -0.25) is 4.79 Å². The predicted octanol–water partition coefficient (Wildman–Crippen LogP) is 7.45. The summed E-state index contributed by atoms with van der Waals surface area (Å²) in [6.45, 7) is 1.85. The Morgan fingerprint density at radius 2 is 1.11 bits per heavy atom. The van der Waals surface area contributed by atoms with Crippen molar-refractivity contribution in [3.63, 3.8) is 0 Å². The second-order valence-corrected chi connectivity index (χ2v) is 8.82. The minimum atomic E-state index is -0.579. The van der Waals surface area contributed by atoms with Crippen molar-refractivity contribution in [1.82, 2.24) is 0 Å². The maximum absolute atomic E-state index is 13.7. The van der Waals surface area contributed by atoms with E-state index in [0.717, 1.165) is 38.2 Å². The fourth-order valence-corrected chi connectivity index (χ4v) is 4.69. The molecule has 0 unspecified atom stereocenters. The van der Waals surface area contributed by atoms with Crippen molar-refractivity contribution in [2.75, 3.05) is 14.2 Å². The van der Waals surface area contributed by atoms with Gasteiger partial charge in [-0.05, 0) is 46.2 Å². The van der Waals surface area contributed by atoms with Crippen molar-refractivity contribution in [2.45, 2.75) is 18.9 Å². The molecule has 0 N–H and O–H groups in total. The third-order valence-corrected chi connectivity index (χ3v) is 6.67. The van der Waals surface area contributed by atoms with Crippen molar-refractivity contribution in [3.05, 3.63) is 120 Å². The molecule has 5 rings (SSSR count). The van der Waals surface area contributed by atoms with E-state index >= 15 is 0 Å². The first kappa shape index (κ1) is 23.4. The molecule has 0 saturated carbocycles. The highest BCUT2D eigenvalue weighted by Crippen LogP contribution is 2.37. The van der Waals surface area contributed by atoms with Gasteiger partial charge < -0.3 is 14.2 Å². The molecule has 36 heavy (non-hydrogen) atoms. The highest BCUT2D eigenvalue weighted by Gasteiger charge is 2.27. The van der Waals surface area contributed by atoms with Crippen LogP contribution in [0, 0.1) is 0 Å². The Labute approximate surface area is 211 Å². The third-order valence-electron chi connectivity index (χ3n) is 6.67. The van der Waals surface area contributed by atoms with Gasteiger partial charge in [0.2, 0.25) is 0 Å². The summed E-state index contributed by atoms with van der Waals surface area (Å²) in [6.07, 6.45) is -0.579. The standard InChI is InChI=1S/C32H28O4/c1-21(24-18-25(34-2)20-26(19-24)35-3)32(33)36-31(29-16-8-12-22-10-4-6-14-27(22)29)30-17-9-13-23-11-5-7-15-28(23)30/h4-21,31H,1-3H3/t21-/m1/s1. The van der Waals surface area contributed by atoms with E-state index in [9.17, 15) is 4.79 Å². The van der Waals surface area contributed by atoms with Crippen LogP contribution in [-0.4, -0.2) is 20.2 Å². The molecule has 0 fully saturated rings. The van der Waals surface area contributed by atoms with Crippen LogP contribution in [0.3, 0.4) is 0 Å². The lowest BCUT2D eigenvalue weighted by molar-refractivity contribution is -0.148. The highest BCUT2D eigenvalue weighted by molar-refractivity contribution is 5.90. The lowest BCUT2D eigenvalue weighted by atomic mass is 9.92. The quantitative estimate of drug-likeness (QED) is 0.229. The van der Waals surface area contributed by atoms with E-state index in [0.29, 0.717) is 11.5 Å². The van der Waals surface area contributed by atoms with E-state index < -0.39 is 12.0 Å². The number of hydrogen-bond acceptors (Lipinski definition) is 4. The molecule has 5 aromatic carbocycles. The number of esters is 1. The van der Waals surface area contributed by atoms with Crippen LogP contribution in [0.2, 0.25) is 0 Å². The number of rotatable bonds is 7. The summed E-state index contributed by atoms with van der Waals surface area (Å²) < 4.78 is 17.2. The minimum absolute atomic E-state index is 0.323. The topological polar surface area (TPSA) is 44.8 Å². The van der Waals surface area contributed by atoms with Gasteiger partial charge in [-0.2, -0.15) is 0 Å². The molecule has 0 spiro atoms. The van der Waals surface area contributed by atoms with Crippen molar-refractivity contribution in [1.29, 1.82) is 0 Å². The smallest absolute Gasteiger partial charge is 0.314 e. The van der Waals surface area contributed by atoms with Crippen LogP contribution in [0.5, 0.6) is 11.5 Å². The maximum atomic E-state index is 13.7. The number of hydrogen-bond donors (Lipinski definition) is 0. The molecule has 0 heterocycles. The van der Waals surface area contributed by atoms with Gasteiger partial charge in [-0.25, -0.2) is 0 Å². The third kappa shape index (κ3) is 4.50. The number of fused-ring (bicyclic) bond motifs is 2. The zero-order chi connectivity index (χ0) is 25.1. The van der Waals surface area contributed by atoms with Gasteiger partial charge in [0.1, 0.15) is 11.5 Å². The van der Waals surface area contributed by atoms with Crippen LogP contribution in [-0.2, 0) is 9.53 Å². The lowest BCUT2D eigenvalue weighted by Crippen LogP contribution is -2.18. The zero-order valence-corrected chi connectivity index (χ0v) is 20.6. The fourth-order valence-electron chi connectivity index (χ4n) is 4.69. The van der Waals surface area contributed by atoms with E-state index in [1.807, 2.05) is 67.6 Å². The van der Waals surface area contributed by atoms with Gasteiger partial charge in [0.05, 0.1) is 20.1 Å². The largest absolute Gasteiger partial charge is 0.497 e. The van der Waals surface area contributed by atoms with Gasteiger partial charge in [0.15, 0.2) is 6.10 Å². The monoisotopic (exact) mass is 476 g/mol. The Balaban J connectivity index is 1.61. The first-order valence-electron chi connectivity index (χ1n) is 12.0. The molecule has 0 aromatic heterocycles. The van der Waals surface area contributed by atoms with Crippen LogP contribution in [0.25, 0.3) is 21.5 Å². The average Bonchev–Trinajstić information content (AvgIpc) is 2.94. The molecule has 180 valence electrons. The van der Waals surface area contributed by atoms with E-state index in [1.165, 1.54) is 0 Å². The first-order chi connectivity index (χ1) is 17.6. The number of carbonyl (C=O) groups is 1. The normalized spacial score (nSPS) is 12.0. The zero-order valence-electron chi connectivity index (χ0n) is 20.6. The van der Waals surface area contributed by atoms with Crippen LogP contribution in [0.1, 0.15) is 35.6 Å². The van der Waals surface area contributed by atoms with E-state index in [-0.39, 0.29) is 5.97 Å². The predicted molar refractivity (Wildman–Crippen MR) is 144 cm³/mol. The Morgan fingerprint density at radius 1 is 0.639 bits per heavy atom. The SMILES string of the molecule is COc1cc(OC)cc([C@@H](C)C(=O)OC(c2cccc3ccccc23)c2cccc3ccccc23)c1. The Kier molecular flexibility index (Phi) is 6.59. The van der Waals surface area contributed by atoms with Gasteiger partial charge in [-0.15, -0.1) is 0 Å². The molecule has 0 aliphatic rings. The summed E-state index contributed by atoms with van der Waals surface area (Å²) in [5.41, 5.74) is 2.67. The van der Waals surface area contributed by atoms with E-state index in [4.69, 9.17) is 14.2 Å². The van der Waals surface area contributed by atoms with Gasteiger partial charge in [0.25, 0.3) is 0 Å². The van der Waals surface area contributed by atoms with Crippen molar-refractivity contribution in [3.8, 4) is 11.5 Å². The second-order valence-electron chi connectivity index (χ2n) is 8.82. The molecule has 0 aliphatic carbocycles. The van der Waals surface area contributed by atoms with Gasteiger partial charge in [-0.1, -0.05) is 84.9 Å². The Bertz CT molecular complexity index is 1430. The summed E-state index contributed by atoms with van der Waals surface area (Å²) in [7, 11) is 3.19. The van der Waals surface area contributed by atoms with Crippen molar-refractivity contribution >= 4 is 27.5 Å². The summed E-state index contributed by atoms with van der Waals surface area (Å²) >= 11 is 0. The van der Waals surface area contributed by atoms with E-state index in [1.54, 1.807) is 20.3 Å². The average molecular weight is 477 g/mol. The second kappa shape index (κ2) is 10.1. The molecule has 0 bridgehead atoms. The molecule has 0 aliphatic heterocycles. The van der Waals surface area contributed by atoms with E-state index in [2.05, 4.69) is 36.4 Å². The molecule has 5 aromatic rings. The van der Waals surface area contributed by atoms with Crippen LogP contribution in [0.4, 0.5) is 0 Å².